The van der Waals surface area contributed by atoms with Crippen molar-refractivity contribution in [2.45, 2.75) is 0 Å². The first-order valence-corrected chi connectivity index (χ1v) is 24.1. The van der Waals surface area contributed by atoms with Gasteiger partial charge in [0.2, 0.25) is 0 Å². The lowest BCUT2D eigenvalue weighted by Gasteiger charge is -2.17. The number of benzene rings is 11. The van der Waals surface area contributed by atoms with E-state index in [0.29, 0.717) is 0 Å². The molecule has 70 heavy (non-hydrogen) atoms. The minimum atomic E-state index is 1.12. The summed E-state index contributed by atoms with van der Waals surface area (Å²) >= 11 is 0. The summed E-state index contributed by atoms with van der Waals surface area (Å²) in [4.78, 5) is 0. The summed E-state index contributed by atoms with van der Waals surface area (Å²) in [6.07, 6.45) is 0. The fraction of sp³-hybridized carbons (Fsp3) is 0. The van der Waals surface area contributed by atoms with Crippen LogP contribution in [0.4, 0.5) is 0 Å². The molecule has 4 nitrogen and oxygen atoms in total. The van der Waals surface area contributed by atoms with Crippen LogP contribution >= 0.6 is 0 Å². The van der Waals surface area contributed by atoms with Crippen molar-refractivity contribution in [3.8, 4) is 45.0 Å². The molecule has 0 unspecified atom stereocenters. The summed E-state index contributed by atoms with van der Waals surface area (Å²) in [5, 5.41) is 9.92. The lowest BCUT2D eigenvalue weighted by Crippen LogP contribution is -2.03. The maximum atomic E-state index is 2.49. The normalized spacial score (nSPS) is 12.0. The van der Waals surface area contributed by atoms with Gasteiger partial charge in [0.1, 0.15) is 0 Å². The molecule has 0 aliphatic carbocycles. The van der Waals surface area contributed by atoms with Gasteiger partial charge in [-0.3, -0.25) is 0 Å². The van der Waals surface area contributed by atoms with Crippen LogP contribution in [0.3, 0.4) is 0 Å². The van der Waals surface area contributed by atoms with Gasteiger partial charge in [-0.05, 0) is 107 Å². The van der Waals surface area contributed by atoms with Crippen LogP contribution in [0.1, 0.15) is 0 Å². The zero-order chi connectivity index (χ0) is 45.9. The molecule has 15 aromatic rings. The van der Waals surface area contributed by atoms with Crippen molar-refractivity contribution in [2.24, 2.45) is 0 Å². The monoisotopic (exact) mass is 890 g/mol. The second kappa shape index (κ2) is 15.1. The van der Waals surface area contributed by atoms with E-state index >= 15 is 0 Å². The number of aromatic nitrogens is 4. The van der Waals surface area contributed by atoms with Crippen LogP contribution in [0.15, 0.2) is 255 Å². The molecule has 0 saturated carbocycles. The number of nitrogens with zero attached hydrogens (tertiary/aromatic N) is 4. The molecule has 326 valence electrons. The van der Waals surface area contributed by atoms with E-state index in [1.807, 2.05) is 0 Å². The smallest absolute Gasteiger partial charge is 0.0702 e. The molecule has 0 fully saturated rings. The average Bonchev–Trinajstić information content (AvgIpc) is 4.16. The molecule has 4 aromatic heterocycles. The SMILES string of the molecule is c1ccc(-n2c3ccccc3c3ccc(-c4cccc5c4c4ccccc4n5-c4ccccc4-n4c5ccccc5c5c(-c6ccc7c8ccccc8n(-c8ccccc8)c7c6)cccc54)cc32)cc1. The van der Waals surface area contributed by atoms with Crippen LogP contribution in [0, 0.1) is 0 Å². The summed E-state index contributed by atoms with van der Waals surface area (Å²) < 4.78 is 9.80. The van der Waals surface area contributed by atoms with Crippen LogP contribution in [0.25, 0.3) is 132 Å². The summed E-state index contributed by atoms with van der Waals surface area (Å²) in [6.45, 7) is 0. The molecule has 0 saturated heterocycles. The number of hydrogen-bond donors (Lipinski definition) is 0. The van der Waals surface area contributed by atoms with Gasteiger partial charge in [0.25, 0.3) is 0 Å². The van der Waals surface area contributed by atoms with Crippen LogP contribution in [-0.4, -0.2) is 18.3 Å². The van der Waals surface area contributed by atoms with Gasteiger partial charge >= 0.3 is 0 Å². The van der Waals surface area contributed by atoms with Crippen molar-refractivity contribution in [2.75, 3.05) is 0 Å². The van der Waals surface area contributed by atoms with Gasteiger partial charge in [0, 0.05) is 54.5 Å². The maximum Gasteiger partial charge on any atom is 0.0702 e. The molecule has 0 atom stereocenters. The van der Waals surface area contributed by atoms with Crippen LogP contribution in [-0.2, 0) is 0 Å². The van der Waals surface area contributed by atoms with E-state index in [2.05, 4.69) is 273 Å². The maximum absolute atomic E-state index is 2.49. The van der Waals surface area contributed by atoms with Gasteiger partial charge in [0.05, 0.1) is 55.5 Å². The van der Waals surface area contributed by atoms with E-state index in [1.165, 1.54) is 109 Å². The molecular formula is C66H42N4. The highest BCUT2D eigenvalue weighted by Crippen LogP contribution is 2.45. The van der Waals surface area contributed by atoms with Crippen molar-refractivity contribution in [1.82, 2.24) is 18.3 Å². The van der Waals surface area contributed by atoms with Crippen molar-refractivity contribution in [3.63, 3.8) is 0 Å². The Morgan fingerprint density at radius 1 is 0.200 bits per heavy atom. The van der Waals surface area contributed by atoms with Crippen LogP contribution in [0.5, 0.6) is 0 Å². The molecule has 15 rings (SSSR count). The summed E-state index contributed by atoms with van der Waals surface area (Å²) in [5.74, 6) is 0. The molecule has 0 N–H and O–H groups in total. The average molecular weight is 891 g/mol. The van der Waals surface area contributed by atoms with E-state index in [-0.39, 0.29) is 0 Å². The minimum Gasteiger partial charge on any atom is -0.309 e. The number of para-hydroxylation sites is 8. The van der Waals surface area contributed by atoms with Gasteiger partial charge in [-0.1, -0.05) is 170 Å². The molecule has 0 aliphatic rings. The van der Waals surface area contributed by atoms with E-state index in [0.717, 1.165) is 22.7 Å². The quantitative estimate of drug-likeness (QED) is 0.158. The Kier molecular flexibility index (Phi) is 8.33. The van der Waals surface area contributed by atoms with E-state index in [1.54, 1.807) is 0 Å². The Bertz CT molecular complexity index is 4290. The van der Waals surface area contributed by atoms with Crippen molar-refractivity contribution < 1.29 is 0 Å². The summed E-state index contributed by atoms with van der Waals surface area (Å²) in [5.41, 5.74) is 18.8. The van der Waals surface area contributed by atoms with Gasteiger partial charge in [-0.2, -0.15) is 0 Å². The largest absolute Gasteiger partial charge is 0.309 e. The second-order valence-corrected chi connectivity index (χ2v) is 18.4. The Labute approximate surface area is 403 Å². The summed E-state index contributed by atoms with van der Waals surface area (Å²) in [6, 6.07) is 93.5. The lowest BCUT2D eigenvalue weighted by molar-refractivity contribution is 1.10. The number of rotatable bonds is 6. The minimum absolute atomic E-state index is 1.12. The molecule has 4 heteroatoms. The fourth-order valence-corrected chi connectivity index (χ4v) is 11.9. The van der Waals surface area contributed by atoms with Crippen molar-refractivity contribution in [1.29, 1.82) is 0 Å². The Morgan fingerprint density at radius 3 is 0.957 bits per heavy atom. The fourth-order valence-electron chi connectivity index (χ4n) is 11.9. The van der Waals surface area contributed by atoms with Crippen LogP contribution in [0.2, 0.25) is 0 Å². The highest BCUT2D eigenvalue weighted by Gasteiger charge is 2.23. The zero-order valence-electron chi connectivity index (χ0n) is 38.0. The Hall–Kier alpha value is -9.38. The topological polar surface area (TPSA) is 19.7 Å². The molecule has 4 heterocycles. The first-order valence-electron chi connectivity index (χ1n) is 24.1. The first-order chi connectivity index (χ1) is 34.8. The third kappa shape index (κ3) is 5.53. The zero-order valence-corrected chi connectivity index (χ0v) is 38.0. The molecular weight excluding hydrogens is 849 g/mol. The standard InChI is InChI=1S/C66H42N4/c1-3-19-45(20-4-1)67-55-29-11-7-23-49(55)51-39-37-43(41-63(51)67)47-27-17-35-61-65(47)53-25-9-13-31-57(53)69(61)59-33-15-16-34-60(59)70-58-32-14-10-26-54(58)66-48(28-18-36-62(66)70)44-38-40-52-50-24-8-12-30-56(50)68(64(52)42-44)46-21-5-2-6-22-46/h1-42H. The van der Waals surface area contributed by atoms with E-state index in [9.17, 15) is 0 Å². The van der Waals surface area contributed by atoms with Gasteiger partial charge < -0.3 is 18.3 Å². The molecule has 0 spiro atoms. The van der Waals surface area contributed by atoms with Crippen molar-refractivity contribution >= 4 is 87.2 Å². The molecule has 11 aromatic carbocycles. The Balaban J connectivity index is 0.948. The predicted octanol–water partition coefficient (Wildman–Crippen LogP) is 17.4. The molecule has 0 bridgehead atoms. The predicted molar refractivity (Wildman–Crippen MR) is 295 cm³/mol. The highest BCUT2D eigenvalue weighted by molar-refractivity contribution is 6.19. The van der Waals surface area contributed by atoms with Gasteiger partial charge in [-0.25, -0.2) is 0 Å². The van der Waals surface area contributed by atoms with Crippen LogP contribution < -0.4 is 0 Å². The van der Waals surface area contributed by atoms with Crippen molar-refractivity contribution in [3.05, 3.63) is 255 Å². The van der Waals surface area contributed by atoms with Gasteiger partial charge in [-0.15, -0.1) is 0 Å². The first kappa shape index (κ1) is 38.7. The number of fused-ring (bicyclic) bond motifs is 12. The third-order valence-electron chi connectivity index (χ3n) is 14.8. The van der Waals surface area contributed by atoms with E-state index in [4.69, 9.17) is 0 Å². The Morgan fingerprint density at radius 2 is 0.529 bits per heavy atom. The lowest BCUT2D eigenvalue weighted by atomic mass is 9.98. The highest BCUT2D eigenvalue weighted by atomic mass is 15.1. The third-order valence-corrected chi connectivity index (χ3v) is 14.8. The second-order valence-electron chi connectivity index (χ2n) is 18.4. The molecule has 0 amide bonds. The van der Waals surface area contributed by atoms with Gasteiger partial charge in [0.15, 0.2) is 0 Å². The molecule has 0 aliphatic heterocycles. The summed E-state index contributed by atoms with van der Waals surface area (Å²) in [7, 11) is 0. The number of hydrogen-bond acceptors (Lipinski definition) is 0. The molecule has 0 radical (unpaired) electrons. The van der Waals surface area contributed by atoms with E-state index < -0.39 is 0 Å².